The molecule has 0 aromatic carbocycles. The maximum atomic E-state index is 5.72. The summed E-state index contributed by atoms with van der Waals surface area (Å²) < 4.78 is 0. The second-order valence-corrected chi connectivity index (χ2v) is 4.24. The Morgan fingerprint density at radius 2 is 1.62 bits per heavy atom. The fourth-order valence-corrected chi connectivity index (χ4v) is 1.66. The van der Waals surface area contributed by atoms with Gasteiger partial charge in [-0.1, -0.05) is 27.7 Å². The number of rotatable bonds is 7. The predicted octanol–water partition coefficient (Wildman–Crippen LogP) is 2.14. The molecule has 1 unspecified atom stereocenters. The number of nitrogens with one attached hydrogen (secondary N) is 1. The minimum absolute atomic E-state index is 0.505. The molecule has 0 rings (SSSR count). The first-order valence-electron chi connectivity index (χ1n) is 5.60. The summed E-state index contributed by atoms with van der Waals surface area (Å²) in [5.74, 6) is 0.732. The second kappa shape index (κ2) is 7.34. The molecule has 0 amide bonds. The van der Waals surface area contributed by atoms with E-state index in [1.54, 1.807) is 0 Å². The third kappa shape index (κ3) is 6.05. The lowest BCUT2D eigenvalue weighted by atomic mass is 10.0. The third-order valence-corrected chi connectivity index (χ3v) is 2.50. The smallest absolute Gasteiger partial charge is 0.0195 e. The molecule has 0 heterocycles. The molecule has 0 saturated carbocycles. The molecule has 0 saturated heterocycles. The highest BCUT2D eigenvalue weighted by Gasteiger charge is 2.12. The van der Waals surface area contributed by atoms with Crippen molar-refractivity contribution in [3.8, 4) is 0 Å². The minimum Gasteiger partial charge on any atom is -0.329 e. The molecule has 0 fully saturated rings. The average Bonchev–Trinajstić information content (AvgIpc) is 2.11. The van der Waals surface area contributed by atoms with Crippen LogP contribution in [0.2, 0.25) is 0 Å². The van der Waals surface area contributed by atoms with Gasteiger partial charge >= 0.3 is 0 Å². The molecule has 1 atom stereocenters. The molecule has 0 aliphatic carbocycles. The molecule has 0 aromatic rings. The van der Waals surface area contributed by atoms with Crippen molar-refractivity contribution >= 4 is 0 Å². The summed E-state index contributed by atoms with van der Waals surface area (Å²) in [5.41, 5.74) is 5.72. The summed E-state index contributed by atoms with van der Waals surface area (Å²) in [6.45, 7) is 9.71. The third-order valence-electron chi connectivity index (χ3n) is 2.50. The van der Waals surface area contributed by atoms with Crippen molar-refractivity contribution in [3.63, 3.8) is 0 Å². The van der Waals surface area contributed by atoms with Crippen molar-refractivity contribution in [1.82, 2.24) is 5.32 Å². The van der Waals surface area contributed by atoms with Gasteiger partial charge in [-0.3, -0.25) is 0 Å². The van der Waals surface area contributed by atoms with Crippen LogP contribution < -0.4 is 11.1 Å². The molecule has 2 heteroatoms. The minimum atomic E-state index is 0.505. The van der Waals surface area contributed by atoms with E-state index in [1.165, 1.54) is 19.3 Å². The van der Waals surface area contributed by atoms with Crippen LogP contribution in [0.1, 0.15) is 47.0 Å². The largest absolute Gasteiger partial charge is 0.329 e. The lowest BCUT2D eigenvalue weighted by molar-refractivity contribution is 0.363. The van der Waals surface area contributed by atoms with Crippen LogP contribution in [-0.2, 0) is 0 Å². The van der Waals surface area contributed by atoms with E-state index in [0.717, 1.165) is 12.5 Å². The number of hydrogen-bond acceptors (Lipinski definition) is 2. The fourth-order valence-electron chi connectivity index (χ4n) is 1.66. The van der Waals surface area contributed by atoms with E-state index in [0.29, 0.717) is 12.1 Å². The maximum Gasteiger partial charge on any atom is 0.0195 e. The molecule has 3 N–H and O–H groups in total. The molecule has 0 bridgehead atoms. The molecule has 80 valence electrons. The zero-order valence-electron chi connectivity index (χ0n) is 9.64. The van der Waals surface area contributed by atoms with Gasteiger partial charge in [0.1, 0.15) is 0 Å². The van der Waals surface area contributed by atoms with Crippen molar-refractivity contribution in [2.24, 2.45) is 11.7 Å². The molecule has 0 spiro atoms. The molecule has 2 nitrogen and oxygen atoms in total. The zero-order valence-corrected chi connectivity index (χ0v) is 9.64. The van der Waals surface area contributed by atoms with Crippen LogP contribution in [0.5, 0.6) is 0 Å². The molecule has 0 aliphatic rings. The molecule has 0 aliphatic heterocycles. The van der Waals surface area contributed by atoms with Crippen molar-refractivity contribution < 1.29 is 0 Å². The first-order valence-corrected chi connectivity index (χ1v) is 5.60. The monoisotopic (exact) mass is 186 g/mol. The van der Waals surface area contributed by atoms with E-state index in [1.807, 2.05) is 0 Å². The Kier molecular flexibility index (Phi) is 7.29. The Hall–Kier alpha value is -0.0800. The van der Waals surface area contributed by atoms with Crippen LogP contribution in [0.4, 0.5) is 0 Å². The van der Waals surface area contributed by atoms with Gasteiger partial charge < -0.3 is 11.1 Å². The summed E-state index contributed by atoms with van der Waals surface area (Å²) in [7, 11) is 0. The summed E-state index contributed by atoms with van der Waals surface area (Å²) in [6.07, 6.45) is 3.59. The van der Waals surface area contributed by atoms with Gasteiger partial charge in [0.2, 0.25) is 0 Å². The normalized spacial score (nSPS) is 14.1. The first-order chi connectivity index (χ1) is 6.13. The highest BCUT2D eigenvalue weighted by molar-refractivity contribution is 4.74. The highest BCUT2D eigenvalue weighted by atomic mass is 15.0. The lowest BCUT2D eigenvalue weighted by Gasteiger charge is -2.24. The summed E-state index contributed by atoms with van der Waals surface area (Å²) in [5, 5.41) is 3.61. The van der Waals surface area contributed by atoms with Crippen molar-refractivity contribution in [2.75, 3.05) is 6.54 Å². The molecule has 0 aromatic heterocycles. The number of hydrogen-bond donors (Lipinski definition) is 2. The van der Waals surface area contributed by atoms with Crippen LogP contribution in [0.15, 0.2) is 0 Å². The van der Waals surface area contributed by atoms with Crippen LogP contribution in [0, 0.1) is 5.92 Å². The average molecular weight is 186 g/mol. The van der Waals surface area contributed by atoms with Gasteiger partial charge in [0.15, 0.2) is 0 Å². The first kappa shape index (κ1) is 12.9. The fraction of sp³-hybridized carbons (Fsp3) is 1.00. The second-order valence-electron chi connectivity index (χ2n) is 4.24. The Morgan fingerprint density at radius 3 is 1.92 bits per heavy atom. The Bertz CT molecular complexity index is 109. The van der Waals surface area contributed by atoms with Crippen molar-refractivity contribution in [3.05, 3.63) is 0 Å². The van der Waals surface area contributed by atoms with Gasteiger partial charge in [-0.2, -0.15) is 0 Å². The Balaban J connectivity index is 3.80. The van der Waals surface area contributed by atoms with Crippen LogP contribution in [0.25, 0.3) is 0 Å². The SMILES string of the molecule is CCC(CC)NC(CN)CC(C)C. The zero-order chi connectivity index (χ0) is 10.3. The summed E-state index contributed by atoms with van der Waals surface area (Å²) in [4.78, 5) is 0. The van der Waals surface area contributed by atoms with Gasteiger partial charge in [0.25, 0.3) is 0 Å². The lowest BCUT2D eigenvalue weighted by Crippen LogP contribution is -2.43. The van der Waals surface area contributed by atoms with Crippen molar-refractivity contribution in [2.45, 2.75) is 59.0 Å². The summed E-state index contributed by atoms with van der Waals surface area (Å²) >= 11 is 0. The van der Waals surface area contributed by atoms with Crippen LogP contribution in [0.3, 0.4) is 0 Å². The predicted molar refractivity (Wildman–Crippen MR) is 59.8 cm³/mol. The van der Waals surface area contributed by atoms with Gasteiger partial charge in [-0.25, -0.2) is 0 Å². The standard InChI is InChI=1S/C11H26N2/c1-5-10(6-2)13-11(8-12)7-9(3)4/h9-11,13H,5-8,12H2,1-4H3. The Labute approximate surface area is 83.3 Å². The van der Waals surface area contributed by atoms with E-state index in [2.05, 4.69) is 33.0 Å². The van der Waals surface area contributed by atoms with E-state index < -0.39 is 0 Å². The van der Waals surface area contributed by atoms with E-state index in [4.69, 9.17) is 5.73 Å². The van der Waals surface area contributed by atoms with Gasteiger partial charge in [-0.15, -0.1) is 0 Å². The molecular formula is C11H26N2. The van der Waals surface area contributed by atoms with E-state index in [-0.39, 0.29) is 0 Å². The number of nitrogens with two attached hydrogens (primary N) is 1. The van der Waals surface area contributed by atoms with Crippen molar-refractivity contribution in [1.29, 1.82) is 0 Å². The van der Waals surface area contributed by atoms with Gasteiger partial charge in [-0.05, 0) is 25.2 Å². The van der Waals surface area contributed by atoms with Crippen LogP contribution in [-0.4, -0.2) is 18.6 Å². The van der Waals surface area contributed by atoms with Crippen LogP contribution >= 0.6 is 0 Å². The topological polar surface area (TPSA) is 38.0 Å². The highest BCUT2D eigenvalue weighted by Crippen LogP contribution is 2.06. The molecule has 0 radical (unpaired) electrons. The maximum absolute atomic E-state index is 5.72. The Morgan fingerprint density at radius 1 is 1.08 bits per heavy atom. The van der Waals surface area contributed by atoms with Gasteiger partial charge in [0.05, 0.1) is 0 Å². The molecular weight excluding hydrogens is 160 g/mol. The van der Waals surface area contributed by atoms with E-state index in [9.17, 15) is 0 Å². The van der Waals surface area contributed by atoms with Gasteiger partial charge in [0, 0.05) is 18.6 Å². The quantitative estimate of drug-likeness (QED) is 0.639. The molecule has 13 heavy (non-hydrogen) atoms. The van der Waals surface area contributed by atoms with E-state index >= 15 is 0 Å². The summed E-state index contributed by atoms with van der Waals surface area (Å²) in [6, 6.07) is 1.15.